The molecule has 4 atom stereocenters. The van der Waals surface area contributed by atoms with E-state index < -0.39 is 0 Å². The summed E-state index contributed by atoms with van der Waals surface area (Å²) >= 11 is 3.10. The highest BCUT2D eigenvalue weighted by Crippen LogP contribution is 2.45. The molecule has 2 aliphatic heterocycles. The molecule has 11 heteroatoms. The zero-order valence-corrected chi connectivity index (χ0v) is 21.0. The van der Waals surface area contributed by atoms with E-state index in [0.717, 1.165) is 55.6 Å². The summed E-state index contributed by atoms with van der Waals surface area (Å²) < 4.78 is 10.7. The van der Waals surface area contributed by atoms with Crippen molar-refractivity contribution < 1.29 is 19.1 Å². The fourth-order valence-electron chi connectivity index (χ4n) is 4.99. The Kier molecular flexibility index (Phi) is 7.52. The minimum absolute atomic E-state index is 0.00887. The molecule has 0 spiro atoms. The number of thiazole rings is 1. The number of nitrogens with zero attached hydrogens (tertiary/aromatic N) is 3. The first-order valence-corrected chi connectivity index (χ1v) is 13.8. The number of nitrogens with one attached hydrogen (secondary N) is 2. The van der Waals surface area contributed by atoms with Crippen LogP contribution in [-0.4, -0.2) is 53.4 Å². The fourth-order valence-corrected chi connectivity index (χ4v) is 7.09. The Morgan fingerprint density at radius 2 is 1.59 bits per heavy atom. The van der Waals surface area contributed by atoms with Gasteiger partial charge in [-0.3, -0.25) is 9.59 Å². The summed E-state index contributed by atoms with van der Waals surface area (Å²) in [5.41, 5.74) is 1.08. The summed E-state index contributed by atoms with van der Waals surface area (Å²) in [7, 11) is 0. The van der Waals surface area contributed by atoms with Crippen LogP contribution in [0, 0.1) is 11.8 Å². The SMILES string of the molecule is CCc1nc(NC(=O)C2CCOC2)sc1[C@@H]1CCC[C@@H](c2nnc(NC(=O)C3CCOC3)s2)C1. The van der Waals surface area contributed by atoms with Crippen LogP contribution >= 0.6 is 22.7 Å². The van der Waals surface area contributed by atoms with Crippen LogP contribution in [0.2, 0.25) is 0 Å². The van der Waals surface area contributed by atoms with Gasteiger partial charge in [-0.15, -0.1) is 21.5 Å². The largest absolute Gasteiger partial charge is 0.381 e. The average molecular weight is 506 g/mol. The van der Waals surface area contributed by atoms with E-state index in [-0.39, 0.29) is 23.7 Å². The van der Waals surface area contributed by atoms with E-state index in [2.05, 4.69) is 27.8 Å². The third-order valence-electron chi connectivity index (χ3n) is 6.96. The molecule has 184 valence electrons. The van der Waals surface area contributed by atoms with Gasteiger partial charge in [-0.05, 0) is 44.4 Å². The van der Waals surface area contributed by atoms with E-state index in [1.165, 1.54) is 16.2 Å². The van der Waals surface area contributed by atoms with E-state index in [1.54, 1.807) is 11.3 Å². The minimum atomic E-state index is -0.0962. The number of carbonyl (C=O) groups is 2. The molecule has 3 aliphatic rings. The van der Waals surface area contributed by atoms with Gasteiger partial charge in [0.1, 0.15) is 5.01 Å². The maximum atomic E-state index is 12.5. The van der Waals surface area contributed by atoms with Gasteiger partial charge < -0.3 is 20.1 Å². The fraction of sp³-hybridized carbons (Fsp3) is 0.696. The van der Waals surface area contributed by atoms with Crippen molar-refractivity contribution in [3.63, 3.8) is 0 Å². The molecule has 1 aliphatic carbocycles. The Morgan fingerprint density at radius 3 is 2.24 bits per heavy atom. The monoisotopic (exact) mass is 505 g/mol. The van der Waals surface area contributed by atoms with Gasteiger partial charge in [-0.25, -0.2) is 4.98 Å². The van der Waals surface area contributed by atoms with Crippen molar-refractivity contribution in [1.29, 1.82) is 0 Å². The third-order valence-corrected chi connectivity index (χ3v) is 9.14. The number of aryl methyl sites for hydroxylation is 1. The molecule has 9 nitrogen and oxygen atoms in total. The van der Waals surface area contributed by atoms with Crippen LogP contribution in [-0.2, 0) is 25.5 Å². The number of aromatic nitrogens is 3. The van der Waals surface area contributed by atoms with Crippen LogP contribution in [0.4, 0.5) is 10.3 Å². The molecule has 2 unspecified atom stereocenters. The standard InChI is InChI=1S/C23H31N5O4S2/c1-2-17-18(33-22(24-17)25-19(29)15-6-8-31-11-15)13-4-3-5-14(10-13)21-27-28-23(34-21)26-20(30)16-7-9-32-12-16/h13-16H,2-12H2,1H3,(H,24,25,29)(H,26,28,30)/t13-,14-,15?,16?/m1/s1. The Bertz CT molecular complexity index is 1010. The van der Waals surface area contributed by atoms with Crippen LogP contribution in [0.5, 0.6) is 0 Å². The molecule has 3 fully saturated rings. The third kappa shape index (κ3) is 5.32. The van der Waals surface area contributed by atoms with Crippen LogP contribution in [0.25, 0.3) is 0 Å². The number of rotatable bonds is 7. The predicted molar refractivity (Wildman–Crippen MR) is 130 cm³/mol. The van der Waals surface area contributed by atoms with Gasteiger partial charge in [0.2, 0.25) is 16.9 Å². The van der Waals surface area contributed by atoms with Crippen molar-refractivity contribution in [2.24, 2.45) is 11.8 Å². The van der Waals surface area contributed by atoms with Crippen LogP contribution < -0.4 is 10.6 Å². The van der Waals surface area contributed by atoms with Gasteiger partial charge in [0, 0.05) is 24.0 Å². The van der Waals surface area contributed by atoms with E-state index in [0.29, 0.717) is 48.5 Å². The number of anilines is 2. The molecule has 0 radical (unpaired) electrons. The first kappa shape index (κ1) is 23.8. The summed E-state index contributed by atoms with van der Waals surface area (Å²) in [5.74, 6) is 0.514. The van der Waals surface area contributed by atoms with Gasteiger partial charge in [0.05, 0.1) is 30.7 Å². The molecule has 34 heavy (non-hydrogen) atoms. The van der Waals surface area contributed by atoms with Gasteiger partial charge in [0.25, 0.3) is 0 Å². The zero-order chi connectivity index (χ0) is 23.5. The van der Waals surface area contributed by atoms with Crippen molar-refractivity contribution in [2.75, 3.05) is 37.1 Å². The highest BCUT2D eigenvalue weighted by atomic mass is 32.1. The molecular weight excluding hydrogens is 474 g/mol. The Hall–Kier alpha value is -1.95. The van der Waals surface area contributed by atoms with Gasteiger partial charge in [0.15, 0.2) is 5.13 Å². The second kappa shape index (κ2) is 10.8. The quantitative estimate of drug-likeness (QED) is 0.585. The molecule has 2 saturated heterocycles. The molecule has 0 aromatic carbocycles. The summed E-state index contributed by atoms with van der Waals surface area (Å²) in [6, 6.07) is 0. The van der Waals surface area contributed by atoms with Crippen LogP contribution in [0.1, 0.15) is 72.9 Å². The average Bonchev–Trinajstić information content (AvgIpc) is 3.66. The second-order valence-corrected chi connectivity index (χ2v) is 11.3. The molecule has 2 amide bonds. The summed E-state index contributed by atoms with van der Waals surface area (Å²) in [6.45, 7) is 4.38. The number of ether oxygens (including phenoxy) is 2. The summed E-state index contributed by atoms with van der Waals surface area (Å²) in [5, 5.41) is 16.9. The molecule has 0 bridgehead atoms. The molecule has 5 rings (SSSR count). The lowest BCUT2D eigenvalue weighted by Crippen LogP contribution is -2.22. The highest BCUT2D eigenvalue weighted by molar-refractivity contribution is 7.16. The van der Waals surface area contributed by atoms with Crippen LogP contribution in [0.15, 0.2) is 0 Å². The highest BCUT2D eigenvalue weighted by Gasteiger charge is 2.31. The Morgan fingerprint density at radius 1 is 0.912 bits per heavy atom. The van der Waals surface area contributed by atoms with Gasteiger partial charge in [-0.2, -0.15) is 0 Å². The van der Waals surface area contributed by atoms with Crippen molar-refractivity contribution in [3.05, 3.63) is 15.6 Å². The molecule has 2 N–H and O–H groups in total. The van der Waals surface area contributed by atoms with E-state index in [9.17, 15) is 9.59 Å². The number of carbonyl (C=O) groups excluding carboxylic acids is 2. The predicted octanol–water partition coefficient (Wildman–Crippen LogP) is 3.95. The van der Waals surface area contributed by atoms with Crippen molar-refractivity contribution >= 4 is 44.8 Å². The normalized spacial score (nSPS) is 27.1. The zero-order valence-electron chi connectivity index (χ0n) is 19.4. The van der Waals surface area contributed by atoms with E-state index in [1.807, 2.05) is 0 Å². The van der Waals surface area contributed by atoms with E-state index in [4.69, 9.17) is 14.5 Å². The lowest BCUT2D eigenvalue weighted by molar-refractivity contribution is -0.120. The number of hydrogen-bond donors (Lipinski definition) is 2. The number of hydrogen-bond acceptors (Lipinski definition) is 9. The maximum Gasteiger partial charge on any atom is 0.231 e. The topological polar surface area (TPSA) is 115 Å². The second-order valence-electron chi connectivity index (χ2n) is 9.29. The molecular formula is C23H31N5O4S2. The first-order chi connectivity index (χ1) is 16.6. The van der Waals surface area contributed by atoms with Gasteiger partial charge >= 0.3 is 0 Å². The Labute approximate surface area is 207 Å². The van der Waals surface area contributed by atoms with Crippen molar-refractivity contribution in [2.45, 2.75) is 63.7 Å². The maximum absolute atomic E-state index is 12.5. The Balaban J connectivity index is 1.23. The molecule has 2 aromatic rings. The molecule has 4 heterocycles. The first-order valence-electron chi connectivity index (χ1n) is 12.2. The summed E-state index contributed by atoms with van der Waals surface area (Å²) in [4.78, 5) is 30.9. The van der Waals surface area contributed by atoms with Crippen molar-refractivity contribution in [1.82, 2.24) is 15.2 Å². The molecule has 2 aromatic heterocycles. The lowest BCUT2D eigenvalue weighted by atomic mass is 9.80. The van der Waals surface area contributed by atoms with Crippen LogP contribution in [0.3, 0.4) is 0 Å². The summed E-state index contributed by atoms with van der Waals surface area (Å²) in [6.07, 6.45) is 6.65. The number of amides is 2. The lowest BCUT2D eigenvalue weighted by Gasteiger charge is -2.27. The van der Waals surface area contributed by atoms with E-state index >= 15 is 0 Å². The van der Waals surface area contributed by atoms with Gasteiger partial charge in [-0.1, -0.05) is 24.7 Å². The minimum Gasteiger partial charge on any atom is -0.381 e. The molecule has 1 saturated carbocycles. The smallest absolute Gasteiger partial charge is 0.231 e. The van der Waals surface area contributed by atoms with Crippen molar-refractivity contribution in [3.8, 4) is 0 Å².